The zero-order valence-electron chi connectivity index (χ0n) is 13.3. The molecule has 7 nitrogen and oxygen atoms in total. The first-order valence-corrected chi connectivity index (χ1v) is 7.81. The lowest BCUT2D eigenvalue weighted by Crippen LogP contribution is -2.53. The van der Waals surface area contributed by atoms with Gasteiger partial charge in [-0.15, -0.1) is 0 Å². The van der Waals surface area contributed by atoms with Crippen molar-refractivity contribution in [2.45, 2.75) is 11.8 Å². The van der Waals surface area contributed by atoms with Gasteiger partial charge < -0.3 is 9.47 Å². The van der Waals surface area contributed by atoms with Crippen LogP contribution >= 0.6 is 11.6 Å². The summed E-state index contributed by atoms with van der Waals surface area (Å²) in [6.45, 7) is -1.31. The van der Waals surface area contributed by atoms with E-state index in [4.69, 9.17) is 16.3 Å². The number of carbonyl (C=O) groups is 2. The fourth-order valence-corrected chi connectivity index (χ4v) is 2.62. The number of hydrogen-bond donors (Lipinski definition) is 2. The van der Waals surface area contributed by atoms with Crippen molar-refractivity contribution in [3.63, 3.8) is 0 Å². The fraction of sp³-hybridized carbons (Fsp3) is 0.188. The average Bonchev–Trinajstić information content (AvgIpc) is 2.60. The van der Waals surface area contributed by atoms with Crippen LogP contribution in [0.5, 0.6) is 0 Å². The molecule has 0 aliphatic carbocycles. The molecule has 2 N–H and O–H groups in total. The number of nitrogens with one attached hydrogen (secondary N) is 2. The van der Waals surface area contributed by atoms with Crippen LogP contribution in [0, 0.1) is 0 Å². The first-order chi connectivity index (χ1) is 12.7. The zero-order chi connectivity index (χ0) is 19.7. The molecular weight excluding hydrogens is 391 g/mol. The molecule has 2 aromatic rings. The van der Waals surface area contributed by atoms with Gasteiger partial charge in [-0.3, -0.25) is 10.6 Å². The highest BCUT2D eigenvalue weighted by molar-refractivity contribution is 6.30. The molecule has 2 heterocycles. The van der Waals surface area contributed by atoms with Gasteiger partial charge in [0.1, 0.15) is 12.4 Å². The molecular formula is C16H11ClF3N3O4. The maximum absolute atomic E-state index is 13.9. The maximum Gasteiger partial charge on any atom is 0.436 e. The number of fused-ring (bicyclic) bond motifs is 1. The van der Waals surface area contributed by atoms with Crippen LogP contribution in [-0.4, -0.2) is 30.0 Å². The van der Waals surface area contributed by atoms with Gasteiger partial charge in [0.05, 0.1) is 5.69 Å². The highest BCUT2D eigenvalue weighted by Crippen LogP contribution is 2.48. The molecule has 27 heavy (non-hydrogen) atoms. The topological polar surface area (TPSA) is 89.6 Å². The Labute approximate surface area is 155 Å². The van der Waals surface area contributed by atoms with E-state index in [0.29, 0.717) is 0 Å². The summed E-state index contributed by atoms with van der Waals surface area (Å²) >= 11 is 5.80. The molecule has 3 rings (SSSR count). The van der Waals surface area contributed by atoms with Gasteiger partial charge in [-0.05, 0) is 30.3 Å². The summed E-state index contributed by atoms with van der Waals surface area (Å²) in [5, 5.41) is 4.32. The Morgan fingerprint density at radius 3 is 2.78 bits per heavy atom. The molecule has 0 saturated carbocycles. The van der Waals surface area contributed by atoms with Crippen molar-refractivity contribution in [3.8, 4) is 0 Å². The fourth-order valence-electron chi connectivity index (χ4n) is 2.45. The first kappa shape index (κ1) is 18.8. The number of rotatable bonds is 3. The van der Waals surface area contributed by atoms with Crippen LogP contribution in [0.3, 0.4) is 0 Å². The molecule has 11 heteroatoms. The van der Waals surface area contributed by atoms with E-state index in [1.807, 2.05) is 0 Å². The molecule has 1 aromatic heterocycles. The summed E-state index contributed by atoms with van der Waals surface area (Å²) in [5.74, 6) is 0.0781. The zero-order valence-corrected chi connectivity index (χ0v) is 14.1. The molecule has 0 fully saturated rings. The Kier molecular flexibility index (Phi) is 4.83. The Morgan fingerprint density at radius 1 is 1.33 bits per heavy atom. The molecule has 0 bridgehead atoms. The van der Waals surface area contributed by atoms with Crippen molar-refractivity contribution in [3.05, 3.63) is 53.2 Å². The van der Waals surface area contributed by atoms with Gasteiger partial charge in [0.2, 0.25) is 0 Å². The molecule has 142 valence electrons. The minimum Gasteiger partial charge on any atom is -0.444 e. The number of cyclic esters (lactones) is 1. The Balaban J connectivity index is 1.90. The Bertz CT molecular complexity index is 879. The van der Waals surface area contributed by atoms with Crippen LogP contribution in [0.1, 0.15) is 5.56 Å². The van der Waals surface area contributed by atoms with Gasteiger partial charge in [0.15, 0.2) is 0 Å². The summed E-state index contributed by atoms with van der Waals surface area (Å²) in [6.07, 6.45) is -6.25. The largest absolute Gasteiger partial charge is 0.444 e. The normalized spacial score (nSPS) is 18.7. The SMILES string of the molecule is O=C(Nc1ccccn1)OCC1(C(F)(F)F)OC(=O)Nc2ccc(Cl)cc21. The lowest BCUT2D eigenvalue weighted by atomic mass is 9.90. The van der Waals surface area contributed by atoms with Crippen molar-refractivity contribution in [1.82, 2.24) is 4.98 Å². The molecule has 1 atom stereocenters. The highest BCUT2D eigenvalue weighted by Gasteiger charge is 2.63. The number of alkyl halides is 3. The van der Waals surface area contributed by atoms with E-state index in [2.05, 4.69) is 20.4 Å². The minimum absolute atomic E-state index is 0.0138. The second-order valence-electron chi connectivity index (χ2n) is 5.45. The number of amides is 2. The van der Waals surface area contributed by atoms with E-state index >= 15 is 0 Å². The third-order valence-corrected chi connectivity index (χ3v) is 3.91. The van der Waals surface area contributed by atoms with Crippen LogP contribution in [-0.2, 0) is 15.1 Å². The smallest absolute Gasteiger partial charge is 0.436 e. The van der Waals surface area contributed by atoms with E-state index in [-0.39, 0.29) is 16.5 Å². The number of ether oxygens (including phenoxy) is 2. The molecule has 1 aromatic carbocycles. The molecule has 1 aliphatic rings. The number of nitrogens with zero attached hydrogens (tertiary/aromatic N) is 1. The van der Waals surface area contributed by atoms with E-state index in [9.17, 15) is 22.8 Å². The van der Waals surface area contributed by atoms with Crippen LogP contribution in [0.2, 0.25) is 5.02 Å². The maximum atomic E-state index is 13.9. The Morgan fingerprint density at radius 2 is 2.11 bits per heavy atom. The van der Waals surface area contributed by atoms with Crippen LogP contribution in [0.25, 0.3) is 0 Å². The number of benzene rings is 1. The molecule has 1 unspecified atom stereocenters. The average molecular weight is 402 g/mol. The monoisotopic (exact) mass is 401 g/mol. The molecule has 0 spiro atoms. The van der Waals surface area contributed by atoms with Gasteiger partial charge in [0, 0.05) is 16.8 Å². The second kappa shape index (κ2) is 6.95. The predicted molar refractivity (Wildman–Crippen MR) is 88.5 cm³/mol. The van der Waals surface area contributed by atoms with E-state index in [1.54, 1.807) is 12.1 Å². The summed E-state index contributed by atoms with van der Waals surface area (Å²) in [7, 11) is 0. The van der Waals surface area contributed by atoms with Crippen molar-refractivity contribution >= 4 is 35.3 Å². The summed E-state index contributed by atoms with van der Waals surface area (Å²) < 4.78 is 50.9. The van der Waals surface area contributed by atoms with Gasteiger partial charge in [-0.2, -0.15) is 13.2 Å². The molecule has 0 radical (unpaired) electrons. The quantitative estimate of drug-likeness (QED) is 0.800. The first-order valence-electron chi connectivity index (χ1n) is 7.43. The van der Waals surface area contributed by atoms with E-state index in [1.165, 1.54) is 24.4 Å². The lowest BCUT2D eigenvalue weighted by Gasteiger charge is -2.38. The molecule has 2 amide bonds. The standard InChI is InChI=1S/C16H11ClF3N3O4/c17-9-4-5-11-10(7-9)15(16(18,19)20,27-14(25)22-11)8-26-13(24)23-12-3-1-2-6-21-12/h1-7H,8H2,(H,22,25)(H,21,23,24). The van der Waals surface area contributed by atoms with Crippen molar-refractivity contribution in [1.29, 1.82) is 0 Å². The molecule has 1 aliphatic heterocycles. The van der Waals surface area contributed by atoms with Gasteiger partial charge >= 0.3 is 18.4 Å². The second-order valence-corrected chi connectivity index (χ2v) is 5.88. The number of aromatic nitrogens is 1. The lowest BCUT2D eigenvalue weighted by molar-refractivity contribution is -0.274. The van der Waals surface area contributed by atoms with E-state index < -0.39 is 36.1 Å². The summed E-state index contributed by atoms with van der Waals surface area (Å²) in [6, 6.07) is 8.06. The van der Waals surface area contributed by atoms with E-state index in [0.717, 1.165) is 6.07 Å². The highest BCUT2D eigenvalue weighted by atomic mass is 35.5. The van der Waals surface area contributed by atoms with Crippen molar-refractivity contribution in [2.24, 2.45) is 0 Å². The number of halogens is 4. The van der Waals surface area contributed by atoms with Gasteiger partial charge in [-0.1, -0.05) is 17.7 Å². The Hall–Kier alpha value is -3.01. The minimum atomic E-state index is -5.09. The number of anilines is 2. The number of pyridine rings is 1. The number of hydrogen-bond acceptors (Lipinski definition) is 5. The predicted octanol–water partition coefficient (Wildman–Crippen LogP) is 4.30. The van der Waals surface area contributed by atoms with Crippen LogP contribution < -0.4 is 10.6 Å². The summed E-state index contributed by atoms with van der Waals surface area (Å²) in [5.41, 5.74) is -3.84. The van der Waals surface area contributed by atoms with Gasteiger partial charge in [-0.25, -0.2) is 14.6 Å². The van der Waals surface area contributed by atoms with Crippen LogP contribution in [0.4, 0.5) is 34.3 Å². The summed E-state index contributed by atoms with van der Waals surface area (Å²) in [4.78, 5) is 27.3. The van der Waals surface area contributed by atoms with Crippen molar-refractivity contribution in [2.75, 3.05) is 17.2 Å². The third-order valence-electron chi connectivity index (χ3n) is 3.68. The molecule has 0 saturated heterocycles. The van der Waals surface area contributed by atoms with Crippen LogP contribution in [0.15, 0.2) is 42.6 Å². The van der Waals surface area contributed by atoms with Crippen molar-refractivity contribution < 1.29 is 32.2 Å². The third kappa shape index (κ3) is 3.75. The number of carbonyl (C=O) groups excluding carboxylic acids is 2. The van der Waals surface area contributed by atoms with Gasteiger partial charge in [0.25, 0.3) is 5.60 Å².